The van der Waals surface area contributed by atoms with Gasteiger partial charge in [-0.1, -0.05) is 6.07 Å². The third-order valence-electron chi connectivity index (χ3n) is 3.70. The Bertz CT molecular complexity index is 496. The Morgan fingerprint density at radius 1 is 1.05 bits per heavy atom. The van der Waals surface area contributed by atoms with Crippen molar-refractivity contribution in [1.82, 2.24) is 9.88 Å². The van der Waals surface area contributed by atoms with E-state index in [4.69, 9.17) is 0 Å². The molecule has 2 N–H and O–H groups in total. The quantitative estimate of drug-likeness (QED) is 0.882. The molecule has 0 aliphatic carbocycles. The molecule has 1 aliphatic rings. The van der Waals surface area contributed by atoms with Gasteiger partial charge in [0, 0.05) is 29.8 Å². The summed E-state index contributed by atoms with van der Waals surface area (Å²) in [5.41, 5.74) is 2.43. The van der Waals surface area contributed by atoms with Gasteiger partial charge in [-0.15, -0.1) is 0 Å². The lowest BCUT2D eigenvalue weighted by molar-refractivity contribution is 0.637. The van der Waals surface area contributed by atoms with Crippen molar-refractivity contribution in [1.29, 1.82) is 0 Å². The Hall–Kier alpha value is -1.74. The molecule has 1 atom stereocenters. The summed E-state index contributed by atoms with van der Waals surface area (Å²) in [4.78, 5) is 0. The van der Waals surface area contributed by atoms with Gasteiger partial charge in [-0.3, -0.25) is 0 Å². The summed E-state index contributed by atoms with van der Waals surface area (Å²) in [5.74, 6) is 0. The summed E-state index contributed by atoms with van der Waals surface area (Å²) >= 11 is 0. The number of nitrogens with zero attached hydrogens (tertiary/aromatic N) is 1. The summed E-state index contributed by atoms with van der Waals surface area (Å²) in [6.07, 6.45) is 7.87. The molecule has 1 aromatic carbocycles. The lowest BCUT2D eigenvalue weighted by atomic mass is 10.1. The Kier molecular flexibility index (Phi) is 3.84. The molecule has 1 saturated heterocycles. The highest BCUT2D eigenvalue weighted by Crippen LogP contribution is 2.18. The second-order valence-corrected chi connectivity index (χ2v) is 5.16. The minimum absolute atomic E-state index is 0.593. The molecule has 2 heterocycles. The largest absolute Gasteiger partial charge is 0.382 e. The molecule has 0 amide bonds. The van der Waals surface area contributed by atoms with Gasteiger partial charge in [0.2, 0.25) is 0 Å². The Morgan fingerprint density at radius 3 is 2.84 bits per heavy atom. The molecule has 1 fully saturated rings. The minimum Gasteiger partial charge on any atom is -0.382 e. The molecule has 0 radical (unpaired) electrons. The van der Waals surface area contributed by atoms with Gasteiger partial charge in [0.1, 0.15) is 0 Å². The summed E-state index contributed by atoms with van der Waals surface area (Å²) in [7, 11) is 0. The van der Waals surface area contributed by atoms with E-state index in [0.717, 1.165) is 13.1 Å². The van der Waals surface area contributed by atoms with Crippen molar-refractivity contribution in [3.8, 4) is 5.69 Å². The minimum atomic E-state index is 0.593. The van der Waals surface area contributed by atoms with Crippen LogP contribution in [0.25, 0.3) is 5.69 Å². The summed E-state index contributed by atoms with van der Waals surface area (Å²) in [5, 5.41) is 7.12. The van der Waals surface area contributed by atoms with Crippen molar-refractivity contribution in [2.45, 2.75) is 25.3 Å². The van der Waals surface area contributed by atoms with E-state index in [1.807, 2.05) is 0 Å². The van der Waals surface area contributed by atoms with Crippen molar-refractivity contribution >= 4 is 5.69 Å². The van der Waals surface area contributed by atoms with E-state index >= 15 is 0 Å². The van der Waals surface area contributed by atoms with E-state index < -0.39 is 0 Å². The van der Waals surface area contributed by atoms with Gasteiger partial charge in [-0.2, -0.15) is 0 Å². The van der Waals surface area contributed by atoms with Crippen molar-refractivity contribution in [3.63, 3.8) is 0 Å². The molecule has 3 heteroatoms. The van der Waals surface area contributed by atoms with Gasteiger partial charge in [-0.25, -0.2) is 0 Å². The Labute approximate surface area is 114 Å². The number of anilines is 1. The summed E-state index contributed by atoms with van der Waals surface area (Å²) < 4.78 is 2.14. The third kappa shape index (κ3) is 3.18. The van der Waals surface area contributed by atoms with Crippen molar-refractivity contribution in [2.75, 3.05) is 18.4 Å². The molecule has 1 unspecified atom stereocenters. The average Bonchev–Trinajstić information content (AvgIpc) is 2.86. The number of nitrogens with one attached hydrogen (secondary N) is 2. The molecule has 0 saturated carbocycles. The lowest BCUT2D eigenvalue weighted by Crippen LogP contribution is -2.21. The smallest absolute Gasteiger partial charge is 0.0469 e. The van der Waals surface area contributed by atoms with E-state index in [1.54, 1.807) is 0 Å². The van der Waals surface area contributed by atoms with Crippen LogP contribution in [-0.4, -0.2) is 23.7 Å². The number of rotatable bonds is 3. The standard InChI is InChI=1S/C16H21N3/c1-2-12-19(11-1)16-7-3-5-15(13-16)18-14-6-4-9-17-10-8-14/h1-3,5,7,11-14,17-18H,4,6,8-10H2. The first-order valence-corrected chi connectivity index (χ1v) is 7.12. The van der Waals surface area contributed by atoms with E-state index in [0.29, 0.717) is 6.04 Å². The lowest BCUT2D eigenvalue weighted by Gasteiger charge is -2.18. The first-order valence-electron chi connectivity index (χ1n) is 7.12. The number of aromatic nitrogens is 1. The van der Waals surface area contributed by atoms with E-state index in [1.165, 1.54) is 30.6 Å². The third-order valence-corrected chi connectivity index (χ3v) is 3.70. The second-order valence-electron chi connectivity index (χ2n) is 5.16. The number of hydrogen-bond acceptors (Lipinski definition) is 2. The van der Waals surface area contributed by atoms with Crippen LogP contribution < -0.4 is 10.6 Å². The maximum atomic E-state index is 3.67. The number of benzene rings is 1. The number of hydrogen-bond donors (Lipinski definition) is 2. The zero-order chi connectivity index (χ0) is 12.9. The van der Waals surface area contributed by atoms with Gasteiger partial charge >= 0.3 is 0 Å². The summed E-state index contributed by atoms with van der Waals surface area (Å²) in [6.45, 7) is 2.27. The fourth-order valence-corrected chi connectivity index (χ4v) is 2.66. The molecule has 1 aliphatic heterocycles. The van der Waals surface area contributed by atoms with Crippen LogP contribution in [0.4, 0.5) is 5.69 Å². The van der Waals surface area contributed by atoms with Gasteiger partial charge in [0.15, 0.2) is 0 Å². The molecule has 3 rings (SSSR count). The highest BCUT2D eigenvalue weighted by atomic mass is 15.0. The fourth-order valence-electron chi connectivity index (χ4n) is 2.66. The monoisotopic (exact) mass is 255 g/mol. The van der Waals surface area contributed by atoms with Crippen molar-refractivity contribution in [2.24, 2.45) is 0 Å². The predicted molar refractivity (Wildman–Crippen MR) is 79.9 cm³/mol. The van der Waals surface area contributed by atoms with Crippen LogP contribution in [0.15, 0.2) is 48.8 Å². The normalized spacial score (nSPS) is 19.9. The van der Waals surface area contributed by atoms with Crippen LogP contribution in [0, 0.1) is 0 Å². The summed E-state index contributed by atoms with van der Waals surface area (Å²) in [6, 6.07) is 13.3. The second kappa shape index (κ2) is 5.93. The maximum Gasteiger partial charge on any atom is 0.0469 e. The molecule has 0 spiro atoms. The van der Waals surface area contributed by atoms with Crippen LogP contribution in [0.5, 0.6) is 0 Å². The maximum absolute atomic E-state index is 3.67. The van der Waals surface area contributed by atoms with E-state index in [9.17, 15) is 0 Å². The molecular weight excluding hydrogens is 234 g/mol. The molecule has 2 aromatic rings. The molecule has 1 aromatic heterocycles. The zero-order valence-electron chi connectivity index (χ0n) is 11.2. The topological polar surface area (TPSA) is 29.0 Å². The van der Waals surface area contributed by atoms with Gasteiger partial charge in [0.25, 0.3) is 0 Å². The molecule has 3 nitrogen and oxygen atoms in total. The first-order chi connectivity index (χ1) is 9.42. The van der Waals surface area contributed by atoms with Crippen molar-refractivity contribution in [3.05, 3.63) is 48.8 Å². The Balaban J connectivity index is 1.72. The van der Waals surface area contributed by atoms with E-state index in [-0.39, 0.29) is 0 Å². The fraction of sp³-hybridized carbons (Fsp3) is 0.375. The van der Waals surface area contributed by atoms with Gasteiger partial charge in [-0.05, 0) is 62.7 Å². The predicted octanol–water partition coefficient (Wildman–Crippen LogP) is 3.03. The highest BCUT2D eigenvalue weighted by molar-refractivity contribution is 5.51. The zero-order valence-corrected chi connectivity index (χ0v) is 11.2. The van der Waals surface area contributed by atoms with E-state index in [2.05, 4.69) is 64.0 Å². The van der Waals surface area contributed by atoms with Crippen molar-refractivity contribution < 1.29 is 0 Å². The molecular formula is C16H21N3. The molecule has 0 bridgehead atoms. The molecule has 100 valence electrons. The highest BCUT2D eigenvalue weighted by Gasteiger charge is 2.11. The van der Waals surface area contributed by atoms with Crippen LogP contribution in [0.1, 0.15) is 19.3 Å². The van der Waals surface area contributed by atoms with Crippen LogP contribution in [-0.2, 0) is 0 Å². The molecule has 19 heavy (non-hydrogen) atoms. The van der Waals surface area contributed by atoms with Crippen LogP contribution in [0.2, 0.25) is 0 Å². The Morgan fingerprint density at radius 2 is 1.95 bits per heavy atom. The van der Waals surface area contributed by atoms with Crippen LogP contribution in [0.3, 0.4) is 0 Å². The average molecular weight is 255 g/mol. The van der Waals surface area contributed by atoms with Crippen LogP contribution >= 0.6 is 0 Å². The first kappa shape index (κ1) is 12.3. The SMILES string of the molecule is c1cc(NC2CCCNCC2)cc(-n2cccc2)c1. The van der Waals surface area contributed by atoms with Gasteiger partial charge in [0.05, 0.1) is 0 Å². The van der Waals surface area contributed by atoms with Gasteiger partial charge < -0.3 is 15.2 Å².